The maximum atomic E-state index is 13.3. The fourth-order valence-electron chi connectivity index (χ4n) is 3.32. The van der Waals surface area contributed by atoms with E-state index < -0.39 is 39.1 Å². The lowest BCUT2D eigenvalue weighted by atomic mass is 10.0. The molecule has 2 amide bonds. The van der Waals surface area contributed by atoms with Gasteiger partial charge in [-0.15, -0.1) is 0 Å². The normalized spacial score (nSPS) is 13.7. The van der Waals surface area contributed by atoms with Gasteiger partial charge in [0.1, 0.15) is 5.75 Å². The third-order valence-electron chi connectivity index (χ3n) is 4.94. The molecule has 5 nitrogen and oxygen atoms in total. The molecule has 0 aliphatic carbocycles. The smallest absolute Gasteiger partial charge is 0.416 e. The van der Waals surface area contributed by atoms with Gasteiger partial charge in [-0.2, -0.15) is 13.2 Å². The molecule has 33 heavy (non-hydrogen) atoms. The van der Waals surface area contributed by atoms with Gasteiger partial charge in [0.15, 0.2) is 0 Å². The molecule has 0 spiro atoms. The number of hydrazine groups is 1. The summed E-state index contributed by atoms with van der Waals surface area (Å²) in [7, 11) is 0. The van der Waals surface area contributed by atoms with Crippen molar-refractivity contribution in [3.05, 3.63) is 61.6 Å². The van der Waals surface area contributed by atoms with Crippen LogP contribution in [0.2, 0.25) is 15.1 Å². The van der Waals surface area contributed by atoms with Crippen LogP contribution in [-0.4, -0.2) is 29.0 Å². The summed E-state index contributed by atoms with van der Waals surface area (Å²) >= 11 is 18.4. The Morgan fingerprint density at radius 2 is 1.67 bits per heavy atom. The number of rotatable bonds is 2. The first kappa shape index (κ1) is 25.5. The summed E-state index contributed by atoms with van der Waals surface area (Å²) in [6, 6.07) is 4.33. The van der Waals surface area contributed by atoms with Gasteiger partial charge in [-0.05, 0) is 57.9 Å². The van der Waals surface area contributed by atoms with E-state index in [9.17, 15) is 22.8 Å². The molecule has 2 aromatic rings. The summed E-state index contributed by atoms with van der Waals surface area (Å²) in [4.78, 5) is 26.3. The fraction of sp³-hybridized carbons (Fsp3) is 0.364. The molecule has 1 aliphatic heterocycles. The van der Waals surface area contributed by atoms with Crippen LogP contribution in [0.15, 0.2) is 24.3 Å². The second-order valence-corrected chi connectivity index (χ2v) is 9.61. The maximum absolute atomic E-state index is 13.3. The van der Waals surface area contributed by atoms with Crippen LogP contribution in [0, 0.1) is 0 Å². The molecule has 1 heterocycles. The van der Waals surface area contributed by atoms with Gasteiger partial charge in [0, 0.05) is 5.56 Å². The third kappa shape index (κ3) is 5.34. The first-order chi connectivity index (χ1) is 15.2. The molecule has 11 heteroatoms. The lowest BCUT2D eigenvalue weighted by Crippen LogP contribution is -2.56. The summed E-state index contributed by atoms with van der Waals surface area (Å²) in [6.45, 7) is 5.42. The Hall–Kier alpha value is -2.16. The van der Waals surface area contributed by atoms with Crippen molar-refractivity contribution in [1.29, 1.82) is 0 Å². The summed E-state index contributed by atoms with van der Waals surface area (Å²) in [5.41, 5.74) is 0.852. The molecule has 0 saturated heterocycles. The highest BCUT2D eigenvalue weighted by Gasteiger charge is 2.36. The minimum Gasteiger partial charge on any atom is -0.493 e. The van der Waals surface area contributed by atoms with E-state index in [1.54, 1.807) is 26.8 Å². The Bertz CT molecular complexity index is 1090. The number of carbonyl (C=O) groups is 2. The summed E-state index contributed by atoms with van der Waals surface area (Å²) in [5, 5.41) is 0.179. The van der Waals surface area contributed by atoms with Crippen molar-refractivity contribution >= 4 is 46.6 Å². The molecule has 1 N–H and O–H groups in total. The maximum Gasteiger partial charge on any atom is 0.416 e. The molecule has 0 aromatic heterocycles. The van der Waals surface area contributed by atoms with Crippen LogP contribution >= 0.6 is 34.8 Å². The highest BCUT2D eigenvalue weighted by Crippen LogP contribution is 2.37. The van der Waals surface area contributed by atoms with Gasteiger partial charge in [-0.1, -0.05) is 34.8 Å². The summed E-state index contributed by atoms with van der Waals surface area (Å²) in [5.74, 6) is -0.970. The average Bonchev–Trinajstić information content (AvgIpc) is 2.70. The van der Waals surface area contributed by atoms with Crippen molar-refractivity contribution in [2.75, 3.05) is 6.61 Å². The summed E-state index contributed by atoms with van der Waals surface area (Å²) < 4.78 is 44.7. The van der Waals surface area contributed by atoms with Crippen molar-refractivity contribution in [2.24, 2.45) is 0 Å². The number of hydrogen-bond donors (Lipinski definition) is 1. The van der Waals surface area contributed by atoms with Gasteiger partial charge in [-0.25, -0.2) is 5.01 Å². The van der Waals surface area contributed by atoms with E-state index in [1.807, 2.05) is 0 Å². The van der Waals surface area contributed by atoms with Crippen LogP contribution in [0.25, 0.3) is 0 Å². The molecule has 0 radical (unpaired) electrons. The number of nitrogens with zero attached hydrogens (tertiary/aromatic N) is 1. The highest BCUT2D eigenvalue weighted by molar-refractivity contribution is 6.40. The predicted octanol–water partition coefficient (Wildman–Crippen LogP) is 6.58. The van der Waals surface area contributed by atoms with Crippen LogP contribution in [0.4, 0.5) is 13.2 Å². The van der Waals surface area contributed by atoms with E-state index in [2.05, 4.69) is 5.43 Å². The van der Waals surface area contributed by atoms with Crippen molar-refractivity contribution in [2.45, 2.75) is 45.3 Å². The van der Waals surface area contributed by atoms with Crippen LogP contribution in [0.1, 0.15) is 59.0 Å². The SMILES string of the molecule is CC(C)(C)N(NC(=O)c1ccc2c(c1Cl)CCCO2)C(=O)c1c(Cl)cc(C(F)(F)F)cc1Cl. The van der Waals surface area contributed by atoms with Crippen LogP contribution in [0.5, 0.6) is 5.75 Å². The quantitative estimate of drug-likeness (QED) is 0.453. The largest absolute Gasteiger partial charge is 0.493 e. The lowest BCUT2D eigenvalue weighted by molar-refractivity contribution is -0.137. The number of ether oxygens (including phenoxy) is 1. The standard InChI is InChI=1S/C22H20Cl3F3N2O3/c1-21(2,3)30(20(32)17-14(23)9-11(10-15(17)24)22(26,27)28)29-19(31)13-6-7-16-12(18(13)25)5-4-8-33-16/h6-7,9-10H,4-5,8H2,1-3H3,(H,29,31). The molecule has 2 aromatic carbocycles. The number of nitrogens with one attached hydrogen (secondary N) is 1. The number of fused-ring (bicyclic) bond motifs is 1. The van der Waals surface area contributed by atoms with E-state index in [-0.39, 0.29) is 16.1 Å². The lowest BCUT2D eigenvalue weighted by Gasteiger charge is -2.36. The molecule has 0 unspecified atom stereocenters. The molecule has 1 aliphatic rings. The zero-order chi connectivity index (χ0) is 24.7. The zero-order valence-corrected chi connectivity index (χ0v) is 20.1. The molecule has 3 rings (SSSR count). The Labute approximate surface area is 203 Å². The van der Waals surface area contributed by atoms with Crippen molar-refractivity contribution in [3.8, 4) is 5.75 Å². The number of amides is 2. The Kier molecular flexibility index (Phi) is 7.13. The fourth-order valence-corrected chi connectivity index (χ4v) is 4.30. The van der Waals surface area contributed by atoms with Gasteiger partial charge in [0.05, 0.1) is 43.9 Å². The monoisotopic (exact) mass is 522 g/mol. The predicted molar refractivity (Wildman–Crippen MR) is 120 cm³/mol. The van der Waals surface area contributed by atoms with Gasteiger partial charge in [-0.3, -0.25) is 15.0 Å². The van der Waals surface area contributed by atoms with E-state index >= 15 is 0 Å². The molecular weight excluding hydrogens is 504 g/mol. The van der Waals surface area contributed by atoms with Crippen LogP contribution in [0.3, 0.4) is 0 Å². The Morgan fingerprint density at radius 1 is 1.06 bits per heavy atom. The van der Waals surface area contributed by atoms with Gasteiger partial charge >= 0.3 is 6.18 Å². The first-order valence-corrected chi connectivity index (χ1v) is 11.0. The number of alkyl halides is 3. The Morgan fingerprint density at radius 3 is 2.21 bits per heavy atom. The second-order valence-electron chi connectivity index (χ2n) is 8.42. The number of benzene rings is 2. The second kappa shape index (κ2) is 9.24. The average molecular weight is 524 g/mol. The molecule has 178 valence electrons. The Balaban J connectivity index is 1.96. The molecule has 0 saturated carbocycles. The third-order valence-corrected chi connectivity index (χ3v) is 5.97. The molecule has 0 bridgehead atoms. The molecular formula is C22H20Cl3F3N2O3. The zero-order valence-electron chi connectivity index (χ0n) is 17.9. The molecule has 0 fully saturated rings. The van der Waals surface area contributed by atoms with Crippen LogP contribution in [-0.2, 0) is 12.6 Å². The van der Waals surface area contributed by atoms with E-state index in [0.717, 1.165) is 11.4 Å². The van der Waals surface area contributed by atoms with Crippen molar-refractivity contribution in [1.82, 2.24) is 10.4 Å². The van der Waals surface area contributed by atoms with E-state index in [4.69, 9.17) is 39.5 Å². The van der Waals surface area contributed by atoms with Crippen molar-refractivity contribution < 1.29 is 27.5 Å². The number of hydrogen-bond acceptors (Lipinski definition) is 3. The number of halogens is 6. The minimum atomic E-state index is -4.69. The minimum absolute atomic E-state index is 0.118. The number of carbonyl (C=O) groups excluding carboxylic acids is 2. The van der Waals surface area contributed by atoms with Gasteiger partial charge < -0.3 is 4.74 Å². The topological polar surface area (TPSA) is 58.6 Å². The molecule has 0 atom stereocenters. The van der Waals surface area contributed by atoms with E-state index in [1.165, 1.54) is 6.07 Å². The summed E-state index contributed by atoms with van der Waals surface area (Å²) in [6.07, 6.45) is -3.32. The first-order valence-electron chi connectivity index (χ1n) is 9.87. The van der Waals surface area contributed by atoms with Crippen molar-refractivity contribution in [3.63, 3.8) is 0 Å². The van der Waals surface area contributed by atoms with Gasteiger partial charge in [0.2, 0.25) is 0 Å². The van der Waals surface area contributed by atoms with Crippen LogP contribution < -0.4 is 10.2 Å². The van der Waals surface area contributed by atoms with E-state index in [0.29, 0.717) is 36.5 Å². The van der Waals surface area contributed by atoms with Gasteiger partial charge in [0.25, 0.3) is 11.8 Å². The highest BCUT2D eigenvalue weighted by atomic mass is 35.5.